The van der Waals surface area contributed by atoms with Gasteiger partial charge in [-0.15, -0.1) is 0 Å². The lowest BCUT2D eigenvalue weighted by Crippen LogP contribution is -2.59. The summed E-state index contributed by atoms with van der Waals surface area (Å²) in [6.07, 6.45) is 1.62. The van der Waals surface area contributed by atoms with Gasteiger partial charge >= 0.3 is 0 Å². The predicted molar refractivity (Wildman–Crippen MR) is 78.3 cm³/mol. The maximum atomic E-state index is 13.0. The number of para-hydroxylation sites is 1. The van der Waals surface area contributed by atoms with Crippen molar-refractivity contribution < 1.29 is 9.59 Å². The van der Waals surface area contributed by atoms with E-state index in [9.17, 15) is 9.59 Å². The highest BCUT2D eigenvalue weighted by atomic mass is 16.2. The molecule has 2 atom stereocenters. The lowest BCUT2D eigenvalue weighted by Gasteiger charge is -2.47. The van der Waals surface area contributed by atoms with Crippen molar-refractivity contribution in [3.63, 3.8) is 0 Å². The summed E-state index contributed by atoms with van der Waals surface area (Å²) in [5, 5.41) is 0. The van der Waals surface area contributed by atoms with Crippen LogP contribution in [0.3, 0.4) is 0 Å². The van der Waals surface area contributed by atoms with Crippen LogP contribution in [0, 0.1) is 23.7 Å². The first-order chi connectivity index (χ1) is 9.30. The maximum Gasteiger partial charge on any atom is 0.240 e. The second-order valence-corrected chi connectivity index (χ2v) is 6.91. The fraction of sp³-hybridized carbons (Fsp3) is 0.529. The highest BCUT2D eigenvalue weighted by Crippen LogP contribution is 2.60. The molecule has 0 aromatic heterocycles. The summed E-state index contributed by atoms with van der Waals surface area (Å²) in [6, 6.07) is 7.62. The fourth-order valence-corrected chi connectivity index (χ4v) is 3.86. The summed E-state index contributed by atoms with van der Waals surface area (Å²) in [6.45, 7) is 8.10. The Kier molecular flexibility index (Phi) is 2.63. The molecule has 0 radical (unpaired) electrons. The Bertz CT molecular complexity index is 605. The van der Waals surface area contributed by atoms with Crippen molar-refractivity contribution in [3.05, 3.63) is 29.8 Å². The quantitative estimate of drug-likeness (QED) is 0.735. The van der Waals surface area contributed by atoms with E-state index in [-0.39, 0.29) is 23.1 Å². The first-order valence-electron chi connectivity index (χ1n) is 7.25. The molecule has 3 nitrogen and oxygen atoms in total. The number of imide groups is 1. The van der Waals surface area contributed by atoms with Crippen molar-refractivity contribution in [1.29, 1.82) is 0 Å². The molecule has 20 heavy (non-hydrogen) atoms. The molecule has 1 aromatic carbocycles. The number of piperidine rings is 1. The van der Waals surface area contributed by atoms with Crippen molar-refractivity contribution in [2.24, 2.45) is 16.7 Å². The lowest BCUT2D eigenvalue weighted by molar-refractivity contribution is -0.146. The van der Waals surface area contributed by atoms with Gasteiger partial charge in [-0.1, -0.05) is 39.0 Å². The molecular formula is C17H21NO2. The van der Waals surface area contributed by atoms with Gasteiger partial charge in [0.15, 0.2) is 0 Å². The van der Waals surface area contributed by atoms with E-state index >= 15 is 0 Å². The molecule has 1 aliphatic heterocycles. The van der Waals surface area contributed by atoms with Crippen LogP contribution in [0.2, 0.25) is 0 Å². The van der Waals surface area contributed by atoms with Gasteiger partial charge in [0.1, 0.15) is 0 Å². The van der Waals surface area contributed by atoms with E-state index in [2.05, 4.69) is 13.8 Å². The van der Waals surface area contributed by atoms with E-state index in [0.717, 1.165) is 24.1 Å². The summed E-state index contributed by atoms with van der Waals surface area (Å²) >= 11 is 0. The second-order valence-electron chi connectivity index (χ2n) is 6.91. The SMILES string of the molecule is Cc1ccccc1N1C(=O)[C@@H]2CC[C@@](C)(C1=O)C2(C)C. The zero-order chi connectivity index (χ0) is 14.7. The van der Waals surface area contributed by atoms with Crippen molar-refractivity contribution in [2.75, 3.05) is 4.90 Å². The first kappa shape index (κ1) is 13.3. The lowest BCUT2D eigenvalue weighted by atomic mass is 9.62. The zero-order valence-corrected chi connectivity index (χ0v) is 12.6. The summed E-state index contributed by atoms with van der Waals surface area (Å²) in [5.74, 6) is -0.107. The minimum atomic E-state index is -0.437. The highest BCUT2D eigenvalue weighted by Gasteiger charge is 2.64. The van der Waals surface area contributed by atoms with Crippen molar-refractivity contribution in [1.82, 2.24) is 0 Å². The molecule has 0 N–H and O–H groups in total. The Balaban J connectivity index is 2.15. The third-order valence-corrected chi connectivity index (χ3v) is 5.78. The topological polar surface area (TPSA) is 37.4 Å². The van der Waals surface area contributed by atoms with E-state index in [1.165, 1.54) is 4.90 Å². The number of hydrogen-bond donors (Lipinski definition) is 0. The van der Waals surface area contributed by atoms with Gasteiger partial charge in [-0.25, -0.2) is 4.90 Å². The zero-order valence-electron chi connectivity index (χ0n) is 12.6. The van der Waals surface area contributed by atoms with Gasteiger partial charge in [0.2, 0.25) is 11.8 Å². The van der Waals surface area contributed by atoms with Gasteiger partial charge in [0.05, 0.1) is 11.1 Å². The molecule has 2 fully saturated rings. The number of rotatable bonds is 1. The van der Waals surface area contributed by atoms with Crippen LogP contribution in [0.5, 0.6) is 0 Å². The number of fused-ring (bicyclic) bond motifs is 2. The Morgan fingerprint density at radius 1 is 1.15 bits per heavy atom. The van der Waals surface area contributed by atoms with Crippen LogP contribution in [0.4, 0.5) is 5.69 Å². The Morgan fingerprint density at radius 2 is 1.80 bits per heavy atom. The van der Waals surface area contributed by atoms with E-state index in [4.69, 9.17) is 0 Å². The molecule has 1 aromatic rings. The van der Waals surface area contributed by atoms with Crippen LogP contribution in [0.25, 0.3) is 0 Å². The molecule has 2 aliphatic rings. The van der Waals surface area contributed by atoms with Gasteiger partial charge in [-0.05, 0) is 36.8 Å². The van der Waals surface area contributed by atoms with Gasteiger partial charge < -0.3 is 0 Å². The number of aryl methyl sites for hydroxylation is 1. The minimum Gasteiger partial charge on any atom is -0.274 e. The van der Waals surface area contributed by atoms with Crippen LogP contribution in [0.1, 0.15) is 39.2 Å². The van der Waals surface area contributed by atoms with Crippen LogP contribution in [0.15, 0.2) is 24.3 Å². The third-order valence-electron chi connectivity index (χ3n) is 5.78. The van der Waals surface area contributed by atoms with Crippen molar-refractivity contribution >= 4 is 17.5 Å². The van der Waals surface area contributed by atoms with E-state index in [1.807, 2.05) is 38.1 Å². The van der Waals surface area contributed by atoms with E-state index < -0.39 is 5.41 Å². The summed E-state index contributed by atoms with van der Waals surface area (Å²) in [7, 11) is 0. The van der Waals surface area contributed by atoms with E-state index in [1.54, 1.807) is 0 Å². The number of amides is 2. The van der Waals surface area contributed by atoms with Crippen LogP contribution in [-0.2, 0) is 9.59 Å². The third kappa shape index (κ3) is 1.41. The second kappa shape index (κ2) is 3.94. The normalized spacial score (nSPS) is 31.8. The molecule has 1 aliphatic carbocycles. The molecule has 3 rings (SSSR count). The predicted octanol–water partition coefficient (Wildman–Crippen LogP) is 3.31. The van der Waals surface area contributed by atoms with Crippen molar-refractivity contribution in [2.45, 2.75) is 40.5 Å². The van der Waals surface area contributed by atoms with Gasteiger partial charge in [0, 0.05) is 5.92 Å². The van der Waals surface area contributed by atoms with Crippen molar-refractivity contribution in [3.8, 4) is 0 Å². The molecule has 106 valence electrons. The summed E-state index contributed by atoms with van der Waals surface area (Å²) in [5.41, 5.74) is 1.03. The fourth-order valence-electron chi connectivity index (χ4n) is 3.86. The molecular weight excluding hydrogens is 250 g/mol. The first-order valence-corrected chi connectivity index (χ1v) is 7.25. The standard InChI is InChI=1S/C17H21NO2/c1-11-7-5-6-8-13(11)18-14(19)12-9-10-17(4,15(18)20)16(12,2)3/h5-8,12H,9-10H2,1-4H3/t12-,17-/m0/s1. The monoisotopic (exact) mass is 271 g/mol. The van der Waals surface area contributed by atoms with Gasteiger partial charge in [-0.2, -0.15) is 0 Å². The number of carbonyl (C=O) groups excluding carboxylic acids is 2. The Labute approximate surface area is 120 Å². The Hall–Kier alpha value is -1.64. The number of benzene rings is 1. The van der Waals surface area contributed by atoms with Gasteiger partial charge in [-0.3, -0.25) is 9.59 Å². The molecule has 1 saturated heterocycles. The van der Waals surface area contributed by atoms with Crippen LogP contribution in [-0.4, -0.2) is 11.8 Å². The average Bonchev–Trinajstić information content (AvgIpc) is 2.57. The molecule has 2 bridgehead atoms. The molecule has 0 unspecified atom stereocenters. The summed E-state index contributed by atoms with van der Waals surface area (Å²) in [4.78, 5) is 27.2. The number of hydrogen-bond acceptors (Lipinski definition) is 2. The summed E-state index contributed by atoms with van der Waals surface area (Å²) < 4.78 is 0. The largest absolute Gasteiger partial charge is 0.274 e. The minimum absolute atomic E-state index is 0.0238. The van der Waals surface area contributed by atoms with Crippen LogP contribution < -0.4 is 4.90 Å². The molecule has 1 saturated carbocycles. The average molecular weight is 271 g/mol. The molecule has 0 spiro atoms. The smallest absolute Gasteiger partial charge is 0.240 e. The molecule has 1 heterocycles. The highest BCUT2D eigenvalue weighted by molar-refractivity contribution is 6.20. The number of nitrogens with zero attached hydrogens (tertiary/aromatic N) is 1. The Morgan fingerprint density at radius 3 is 2.45 bits per heavy atom. The number of carbonyl (C=O) groups is 2. The molecule has 3 heteroatoms. The van der Waals surface area contributed by atoms with Gasteiger partial charge in [0.25, 0.3) is 0 Å². The number of anilines is 1. The maximum absolute atomic E-state index is 13.0. The van der Waals surface area contributed by atoms with Crippen LogP contribution >= 0.6 is 0 Å². The molecule has 2 amide bonds. The van der Waals surface area contributed by atoms with E-state index in [0.29, 0.717) is 0 Å².